The van der Waals surface area contributed by atoms with Gasteiger partial charge in [-0.1, -0.05) is 24.1 Å². The summed E-state index contributed by atoms with van der Waals surface area (Å²) >= 11 is 0. The number of hydrogen-bond donors (Lipinski definition) is 1. The summed E-state index contributed by atoms with van der Waals surface area (Å²) in [6.45, 7) is 2.89. The summed E-state index contributed by atoms with van der Waals surface area (Å²) in [6, 6.07) is 4.85. The smallest absolute Gasteiger partial charge is 0.416 e. The van der Waals surface area contributed by atoms with Crippen LogP contribution in [0.2, 0.25) is 0 Å². The largest absolute Gasteiger partial charge is 0.464 e. The minimum atomic E-state index is -4.58. The van der Waals surface area contributed by atoms with Crippen molar-refractivity contribution >= 4 is 5.97 Å². The molecule has 0 amide bonds. The molecule has 1 aromatic rings. The number of alkyl halides is 3. The normalized spacial score (nSPS) is 14.1. The number of halogens is 3. The van der Waals surface area contributed by atoms with Gasteiger partial charge in [0, 0.05) is 0 Å². The topological polar surface area (TPSA) is 38.3 Å². The van der Waals surface area contributed by atoms with Crippen LogP contribution in [0, 0.1) is 12.3 Å². The van der Waals surface area contributed by atoms with E-state index < -0.39 is 23.2 Å². The maximum absolute atomic E-state index is 13.1. The first-order valence-electron chi connectivity index (χ1n) is 6.29. The Morgan fingerprint density at radius 2 is 1.90 bits per heavy atom. The van der Waals surface area contributed by atoms with E-state index in [2.05, 4.69) is 11.2 Å². The number of benzene rings is 1. The number of carbonyl (C=O) groups is 1. The van der Waals surface area contributed by atoms with Crippen LogP contribution < -0.4 is 5.32 Å². The maximum atomic E-state index is 13.1. The third-order valence-corrected chi connectivity index (χ3v) is 3.00. The zero-order valence-corrected chi connectivity index (χ0v) is 11.8. The van der Waals surface area contributed by atoms with Crippen molar-refractivity contribution in [2.45, 2.75) is 25.6 Å². The summed E-state index contributed by atoms with van der Waals surface area (Å²) in [4.78, 5) is 12.1. The van der Waals surface area contributed by atoms with E-state index in [9.17, 15) is 18.0 Å². The molecule has 0 radical (unpaired) electrons. The Labute approximate surface area is 121 Å². The van der Waals surface area contributed by atoms with Crippen LogP contribution in [0.25, 0.3) is 0 Å². The Kier molecular flexibility index (Phi) is 5.39. The minimum Gasteiger partial charge on any atom is -0.464 e. The number of ether oxygens (including phenoxy) is 1. The molecule has 0 aromatic heterocycles. The monoisotopic (exact) mass is 299 g/mol. The van der Waals surface area contributed by atoms with Gasteiger partial charge in [-0.3, -0.25) is 5.32 Å². The highest BCUT2D eigenvalue weighted by molar-refractivity contribution is 5.83. The fraction of sp³-hybridized carbons (Fsp3) is 0.400. The molecule has 0 spiro atoms. The molecule has 0 saturated heterocycles. The van der Waals surface area contributed by atoms with E-state index in [1.54, 1.807) is 6.92 Å². The molecule has 0 fully saturated rings. The van der Waals surface area contributed by atoms with Gasteiger partial charge in [-0.05, 0) is 25.5 Å². The van der Waals surface area contributed by atoms with Gasteiger partial charge < -0.3 is 4.74 Å². The lowest BCUT2D eigenvalue weighted by Crippen LogP contribution is -2.49. The molecular weight excluding hydrogens is 283 g/mol. The zero-order chi connectivity index (χ0) is 16.1. The molecule has 1 aromatic carbocycles. The van der Waals surface area contributed by atoms with E-state index >= 15 is 0 Å². The molecular formula is C15H16F3NO2. The van der Waals surface area contributed by atoms with E-state index in [1.165, 1.54) is 25.1 Å². The lowest BCUT2D eigenvalue weighted by atomic mass is 9.87. The van der Waals surface area contributed by atoms with Crippen molar-refractivity contribution in [2.24, 2.45) is 0 Å². The predicted molar refractivity (Wildman–Crippen MR) is 72.3 cm³/mol. The summed E-state index contributed by atoms with van der Waals surface area (Å²) in [7, 11) is 0. The zero-order valence-electron chi connectivity index (χ0n) is 11.8. The Hall–Kier alpha value is -2.00. The van der Waals surface area contributed by atoms with Crippen molar-refractivity contribution < 1.29 is 22.7 Å². The molecule has 1 N–H and O–H groups in total. The molecule has 1 atom stereocenters. The molecule has 3 nitrogen and oxygen atoms in total. The molecule has 0 bridgehead atoms. The van der Waals surface area contributed by atoms with Crippen LogP contribution in [0.4, 0.5) is 13.2 Å². The van der Waals surface area contributed by atoms with E-state index in [0.717, 1.165) is 6.07 Å². The predicted octanol–water partition coefficient (Wildman–Crippen LogP) is 2.71. The van der Waals surface area contributed by atoms with E-state index in [-0.39, 0.29) is 18.7 Å². The SMILES string of the molecule is C#CCNC(C)(C(=O)OCC)c1ccccc1C(F)(F)F. The van der Waals surface area contributed by atoms with Crippen molar-refractivity contribution in [2.75, 3.05) is 13.2 Å². The lowest BCUT2D eigenvalue weighted by molar-refractivity contribution is -0.152. The lowest BCUT2D eigenvalue weighted by Gasteiger charge is -2.30. The number of terminal acetylenes is 1. The van der Waals surface area contributed by atoms with Crippen molar-refractivity contribution in [1.82, 2.24) is 5.32 Å². The Balaban J connectivity index is 3.40. The summed E-state index contributed by atoms with van der Waals surface area (Å²) < 4.78 is 44.3. The molecule has 0 saturated carbocycles. The van der Waals surface area contributed by atoms with Crippen LogP contribution >= 0.6 is 0 Å². The van der Waals surface area contributed by atoms with Gasteiger partial charge in [-0.15, -0.1) is 6.42 Å². The van der Waals surface area contributed by atoms with Crippen LogP contribution in [0.15, 0.2) is 24.3 Å². The van der Waals surface area contributed by atoms with Crippen molar-refractivity contribution in [3.05, 3.63) is 35.4 Å². The molecule has 0 heterocycles. The number of esters is 1. The van der Waals surface area contributed by atoms with Gasteiger partial charge in [0.05, 0.1) is 18.7 Å². The van der Waals surface area contributed by atoms with Gasteiger partial charge in [-0.2, -0.15) is 13.2 Å². The summed E-state index contributed by atoms with van der Waals surface area (Å²) in [5.74, 6) is 1.44. The van der Waals surface area contributed by atoms with Gasteiger partial charge in [-0.25, -0.2) is 4.79 Å². The third-order valence-electron chi connectivity index (χ3n) is 3.00. The van der Waals surface area contributed by atoms with Crippen LogP contribution in [-0.4, -0.2) is 19.1 Å². The summed E-state index contributed by atoms with van der Waals surface area (Å²) in [6.07, 6.45) is 0.544. The summed E-state index contributed by atoms with van der Waals surface area (Å²) in [5.41, 5.74) is -2.79. The van der Waals surface area contributed by atoms with E-state index in [0.29, 0.717) is 0 Å². The van der Waals surface area contributed by atoms with Crippen LogP contribution in [0.3, 0.4) is 0 Å². The molecule has 21 heavy (non-hydrogen) atoms. The Bertz CT molecular complexity index is 549. The van der Waals surface area contributed by atoms with Crippen molar-refractivity contribution in [3.8, 4) is 12.3 Å². The average Bonchev–Trinajstić information content (AvgIpc) is 2.44. The second kappa shape index (κ2) is 6.64. The van der Waals surface area contributed by atoms with Crippen molar-refractivity contribution in [1.29, 1.82) is 0 Å². The first-order valence-corrected chi connectivity index (χ1v) is 6.29. The second-order valence-electron chi connectivity index (χ2n) is 4.45. The highest BCUT2D eigenvalue weighted by atomic mass is 19.4. The quantitative estimate of drug-likeness (QED) is 0.671. The highest BCUT2D eigenvalue weighted by Crippen LogP contribution is 2.37. The Morgan fingerprint density at radius 1 is 1.33 bits per heavy atom. The summed E-state index contributed by atoms with van der Waals surface area (Å²) in [5, 5.41) is 2.65. The maximum Gasteiger partial charge on any atom is 0.416 e. The molecule has 0 aliphatic carbocycles. The highest BCUT2D eigenvalue weighted by Gasteiger charge is 2.43. The number of hydrogen-bond acceptors (Lipinski definition) is 3. The molecule has 114 valence electrons. The fourth-order valence-corrected chi connectivity index (χ4v) is 1.95. The number of rotatable bonds is 5. The molecule has 0 aliphatic heterocycles. The number of nitrogens with one attached hydrogen (secondary N) is 1. The van der Waals surface area contributed by atoms with Gasteiger partial charge in [0.1, 0.15) is 5.54 Å². The van der Waals surface area contributed by atoms with Gasteiger partial charge in [0.2, 0.25) is 0 Å². The first kappa shape index (κ1) is 17.1. The van der Waals surface area contributed by atoms with Gasteiger partial charge in [0.15, 0.2) is 0 Å². The molecule has 1 rings (SSSR count). The molecule has 6 heteroatoms. The van der Waals surface area contributed by atoms with E-state index in [4.69, 9.17) is 11.2 Å². The standard InChI is InChI=1S/C15H16F3NO2/c1-4-10-19-14(3,13(20)21-5-2)11-8-6-7-9-12(11)15(16,17)18/h1,6-9,19H,5,10H2,2-3H3. The minimum absolute atomic E-state index is 0.0559. The fourth-order valence-electron chi connectivity index (χ4n) is 1.95. The third kappa shape index (κ3) is 3.76. The average molecular weight is 299 g/mol. The number of carbonyl (C=O) groups excluding carboxylic acids is 1. The first-order chi connectivity index (χ1) is 9.77. The van der Waals surface area contributed by atoms with Gasteiger partial charge >= 0.3 is 12.1 Å². The van der Waals surface area contributed by atoms with Crippen molar-refractivity contribution in [3.63, 3.8) is 0 Å². The van der Waals surface area contributed by atoms with Crippen LogP contribution in [0.5, 0.6) is 0 Å². The van der Waals surface area contributed by atoms with Crippen LogP contribution in [-0.2, 0) is 21.2 Å². The molecule has 0 aliphatic rings. The molecule has 1 unspecified atom stereocenters. The second-order valence-corrected chi connectivity index (χ2v) is 4.45. The van der Waals surface area contributed by atoms with E-state index in [1.807, 2.05) is 0 Å². The van der Waals surface area contributed by atoms with Crippen LogP contribution in [0.1, 0.15) is 25.0 Å². The Morgan fingerprint density at radius 3 is 2.38 bits per heavy atom. The van der Waals surface area contributed by atoms with Gasteiger partial charge in [0.25, 0.3) is 0 Å².